The van der Waals surface area contributed by atoms with Crippen molar-refractivity contribution >= 4 is 13.9 Å². The molecule has 0 spiro atoms. The van der Waals surface area contributed by atoms with E-state index in [1.165, 1.54) is 0 Å². The van der Waals surface area contributed by atoms with E-state index in [9.17, 15) is 9.36 Å². The summed E-state index contributed by atoms with van der Waals surface area (Å²) in [5, 5.41) is 0. The standard InChI is InChI=1S/C8H13O4P/c9-5-6-13(10,11-7-1-2-7)12-8-3-4-8/h5,7-8H,1-4,6H2. The Morgan fingerprint density at radius 2 is 1.62 bits per heavy atom. The van der Waals surface area contributed by atoms with Gasteiger partial charge in [0.05, 0.1) is 12.2 Å². The van der Waals surface area contributed by atoms with E-state index < -0.39 is 7.60 Å². The van der Waals surface area contributed by atoms with Gasteiger partial charge in [0, 0.05) is 0 Å². The monoisotopic (exact) mass is 204 g/mol. The zero-order chi connectivity index (χ0) is 9.31. The Morgan fingerprint density at radius 3 is 1.92 bits per heavy atom. The van der Waals surface area contributed by atoms with Crippen molar-refractivity contribution in [1.29, 1.82) is 0 Å². The Bertz CT molecular complexity index is 227. The zero-order valence-electron chi connectivity index (χ0n) is 7.35. The molecule has 0 heterocycles. The number of aldehydes is 1. The molecule has 0 radical (unpaired) electrons. The number of hydrogen-bond donors (Lipinski definition) is 0. The first-order chi connectivity index (χ1) is 6.22. The van der Waals surface area contributed by atoms with Crippen molar-refractivity contribution in [3.8, 4) is 0 Å². The van der Waals surface area contributed by atoms with E-state index in [1.807, 2.05) is 0 Å². The van der Waals surface area contributed by atoms with Crippen LogP contribution in [0.25, 0.3) is 0 Å². The largest absolute Gasteiger partial charge is 0.338 e. The number of hydrogen-bond acceptors (Lipinski definition) is 4. The first-order valence-electron chi connectivity index (χ1n) is 4.61. The Kier molecular flexibility index (Phi) is 2.54. The van der Waals surface area contributed by atoms with E-state index in [1.54, 1.807) is 0 Å². The summed E-state index contributed by atoms with van der Waals surface area (Å²) in [5.74, 6) is 0. The van der Waals surface area contributed by atoms with Crippen molar-refractivity contribution in [2.24, 2.45) is 0 Å². The van der Waals surface area contributed by atoms with E-state index in [-0.39, 0.29) is 18.4 Å². The number of rotatable bonds is 6. The smallest absolute Gasteiger partial charge is 0.305 e. The molecule has 13 heavy (non-hydrogen) atoms. The first-order valence-corrected chi connectivity index (χ1v) is 6.34. The topological polar surface area (TPSA) is 52.6 Å². The van der Waals surface area contributed by atoms with Crippen LogP contribution >= 0.6 is 7.60 Å². The maximum Gasteiger partial charge on any atom is 0.338 e. The molecule has 2 aliphatic rings. The molecule has 74 valence electrons. The van der Waals surface area contributed by atoms with Crippen molar-refractivity contribution in [2.75, 3.05) is 6.16 Å². The molecule has 0 unspecified atom stereocenters. The molecule has 0 aromatic carbocycles. The van der Waals surface area contributed by atoms with Gasteiger partial charge in [-0.2, -0.15) is 0 Å². The molecule has 2 aliphatic carbocycles. The molecule has 0 atom stereocenters. The second kappa shape index (κ2) is 3.52. The molecular weight excluding hydrogens is 191 g/mol. The minimum absolute atomic E-state index is 0.0736. The van der Waals surface area contributed by atoms with Gasteiger partial charge >= 0.3 is 7.60 Å². The zero-order valence-corrected chi connectivity index (χ0v) is 8.24. The summed E-state index contributed by atoms with van der Waals surface area (Å²) in [4.78, 5) is 10.3. The Hall–Kier alpha value is -0.180. The Balaban J connectivity index is 1.89. The second-order valence-corrected chi connectivity index (χ2v) is 5.58. The molecule has 0 aromatic rings. The highest BCUT2D eigenvalue weighted by Gasteiger charge is 2.39. The van der Waals surface area contributed by atoms with Crippen molar-refractivity contribution in [2.45, 2.75) is 37.9 Å². The summed E-state index contributed by atoms with van der Waals surface area (Å²) in [6, 6.07) is 0. The van der Waals surface area contributed by atoms with Crippen molar-refractivity contribution in [1.82, 2.24) is 0 Å². The second-order valence-electron chi connectivity index (χ2n) is 3.57. The van der Waals surface area contributed by atoms with Crippen LogP contribution in [0.5, 0.6) is 0 Å². The lowest BCUT2D eigenvalue weighted by Crippen LogP contribution is -2.03. The lowest BCUT2D eigenvalue weighted by molar-refractivity contribution is -0.106. The summed E-state index contributed by atoms with van der Waals surface area (Å²) >= 11 is 0. The van der Waals surface area contributed by atoms with Gasteiger partial charge in [-0.05, 0) is 25.7 Å². The number of carbonyl (C=O) groups excluding carboxylic acids is 1. The fourth-order valence-electron chi connectivity index (χ4n) is 1.00. The van der Waals surface area contributed by atoms with Crippen LogP contribution in [-0.2, 0) is 18.4 Å². The average molecular weight is 204 g/mol. The van der Waals surface area contributed by atoms with Gasteiger partial charge in [-0.15, -0.1) is 0 Å². The SMILES string of the molecule is O=CCP(=O)(OC1CC1)OC1CC1. The highest BCUT2D eigenvalue weighted by atomic mass is 31.2. The van der Waals surface area contributed by atoms with Gasteiger partial charge in [0.1, 0.15) is 12.4 Å². The highest BCUT2D eigenvalue weighted by molar-refractivity contribution is 7.54. The fraction of sp³-hybridized carbons (Fsp3) is 0.875. The van der Waals surface area contributed by atoms with Gasteiger partial charge in [0.2, 0.25) is 0 Å². The molecule has 0 N–H and O–H groups in total. The molecule has 5 heteroatoms. The molecule has 4 nitrogen and oxygen atoms in total. The molecule has 0 aromatic heterocycles. The molecule has 2 saturated carbocycles. The molecule has 0 amide bonds. The van der Waals surface area contributed by atoms with Gasteiger partial charge in [-0.25, -0.2) is 0 Å². The third kappa shape index (κ3) is 2.90. The minimum atomic E-state index is -3.07. The highest BCUT2D eigenvalue weighted by Crippen LogP contribution is 2.55. The van der Waals surface area contributed by atoms with Crippen LogP contribution in [0.15, 0.2) is 0 Å². The average Bonchev–Trinajstić information content (AvgIpc) is 2.85. The van der Waals surface area contributed by atoms with Crippen LogP contribution in [0.1, 0.15) is 25.7 Å². The molecule has 0 aliphatic heterocycles. The van der Waals surface area contributed by atoms with Crippen LogP contribution in [0.4, 0.5) is 0 Å². The van der Waals surface area contributed by atoms with Crippen LogP contribution < -0.4 is 0 Å². The van der Waals surface area contributed by atoms with Gasteiger partial charge in [0.15, 0.2) is 0 Å². The maximum absolute atomic E-state index is 11.8. The van der Waals surface area contributed by atoms with E-state index in [0.29, 0.717) is 6.29 Å². The predicted molar refractivity (Wildman–Crippen MR) is 46.8 cm³/mol. The summed E-state index contributed by atoms with van der Waals surface area (Å²) in [6.45, 7) is 0. The predicted octanol–water partition coefficient (Wildman–Crippen LogP) is 1.74. The Labute approximate surface area is 77.1 Å². The van der Waals surface area contributed by atoms with E-state index >= 15 is 0 Å². The quantitative estimate of drug-likeness (QED) is 0.488. The third-order valence-corrected chi connectivity index (χ3v) is 3.80. The molecule has 0 bridgehead atoms. The van der Waals surface area contributed by atoms with Crippen molar-refractivity contribution in [3.63, 3.8) is 0 Å². The number of carbonyl (C=O) groups is 1. The summed E-state index contributed by atoms with van der Waals surface area (Å²) in [6.07, 6.45) is 4.43. The van der Waals surface area contributed by atoms with Crippen LogP contribution in [-0.4, -0.2) is 24.7 Å². The molecule has 2 fully saturated rings. The van der Waals surface area contributed by atoms with Crippen molar-refractivity contribution in [3.05, 3.63) is 0 Å². The Morgan fingerprint density at radius 1 is 1.15 bits per heavy atom. The maximum atomic E-state index is 11.8. The van der Waals surface area contributed by atoms with Gasteiger partial charge < -0.3 is 13.8 Å². The summed E-state index contributed by atoms with van der Waals surface area (Å²) < 4.78 is 22.3. The molecule has 2 rings (SSSR count). The van der Waals surface area contributed by atoms with Crippen LogP contribution in [0, 0.1) is 0 Å². The molecular formula is C8H13O4P. The van der Waals surface area contributed by atoms with E-state index in [2.05, 4.69) is 0 Å². The third-order valence-electron chi connectivity index (χ3n) is 1.97. The molecule has 0 saturated heterocycles. The van der Waals surface area contributed by atoms with Crippen LogP contribution in [0.3, 0.4) is 0 Å². The van der Waals surface area contributed by atoms with Gasteiger partial charge in [-0.3, -0.25) is 4.57 Å². The van der Waals surface area contributed by atoms with Gasteiger partial charge in [0.25, 0.3) is 0 Å². The van der Waals surface area contributed by atoms with Gasteiger partial charge in [-0.1, -0.05) is 0 Å². The van der Waals surface area contributed by atoms with E-state index in [0.717, 1.165) is 25.7 Å². The lowest BCUT2D eigenvalue weighted by Gasteiger charge is -2.15. The fourth-order valence-corrected chi connectivity index (χ4v) is 2.74. The summed E-state index contributed by atoms with van der Waals surface area (Å²) in [5.41, 5.74) is 0. The summed E-state index contributed by atoms with van der Waals surface area (Å²) in [7, 11) is -3.07. The van der Waals surface area contributed by atoms with E-state index in [4.69, 9.17) is 9.05 Å². The van der Waals surface area contributed by atoms with Crippen LogP contribution in [0.2, 0.25) is 0 Å². The minimum Gasteiger partial charge on any atom is -0.305 e. The van der Waals surface area contributed by atoms with Crippen molar-refractivity contribution < 1.29 is 18.4 Å². The normalized spacial score (nSPS) is 23.1. The lowest BCUT2D eigenvalue weighted by atomic mass is 10.9. The first kappa shape index (κ1) is 9.38.